The number of rotatable bonds is 7. The van der Waals surface area contributed by atoms with Gasteiger partial charge in [-0.05, 0) is 27.1 Å². The van der Waals surface area contributed by atoms with Crippen molar-refractivity contribution in [2.45, 2.75) is 16.2 Å². The lowest BCUT2D eigenvalue weighted by atomic mass is 9.84. The molecule has 0 radical (unpaired) electrons. The van der Waals surface area contributed by atoms with Crippen LogP contribution in [0.1, 0.15) is 28.6 Å². The molecule has 5 rings (SSSR count). The smallest absolute Gasteiger partial charge is 0.230 e. The first-order valence-corrected chi connectivity index (χ1v) is 11.5. The zero-order valence-corrected chi connectivity index (χ0v) is 18.8. The number of nitrogens with zero attached hydrogens (tertiary/aromatic N) is 4. The third-order valence-electron chi connectivity index (χ3n) is 6.02. The SMILES string of the molecule is Cn1nnnc1C(O)C1C(=O)NC1SC(c1ccccc1)(c1ccccc1)c1ccccc1. The molecular weight excluding hydrogens is 434 g/mol. The van der Waals surface area contributed by atoms with Crippen LogP contribution in [0.4, 0.5) is 0 Å². The van der Waals surface area contributed by atoms with E-state index < -0.39 is 16.8 Å². The lowest BCUT2D eigenvalue weighted by Crippen LogP contribution is -2.60. The molecule has 1 aliphatic heterocycles. The minimum Gasteiger partial charge on any atom is -0.384 e. The van der Waals surface area contributed by atoms with E-state index in [2.05, 4.69) is 57.2 Å². The Morgan fingerprint density at radius 1 is 0.909 bits per heavy atom. The first-order valence-electron chi connectivity index (χ1n) is 10.7. The van der Waals surface area contributed by atoms with Crippen molar-refractivity contribution in [3.63, 3.8) is 0 Å². The summed E-state index contributed by atoms with van der Waals surface area (Å²) < 4.78 is 0.787. The van der Waals surface area contributed by atoms with E-state index in [1.54, 1.807) is 18.8 Å². The first kappa shape index (κ1) is 21.4. The second-order valence-corrected chi connectivity index (χ2v) is 9.31. The van der Waals surface area contributed by atoms with Gasteiger partial charge in [0, 0.05) is 7.05 Å². The summed E-state index contributed by atoms with van der Waals surface area (Å²) in [5.74, 6) is -0.633. The van der Waals surface area contributed by atoms with Crippen LogP contribution in [0.25, 0.3) is 0 Å². The van der Waals surface area contributed by atoms with Gasteiger partial charge in [0.25, 0.3) is 0 Å². The molecule has 1 amide bonds. The maximum atomic E-state index is 12.6. The van der Waals surface area contributed by atoms with Crippen molar-refractivity contribution in [2.75, 3.05) is 0 Å². The van der Waals surface area contributed by atoms with Gasteiger partial charge < -0.3 is 10.4 Å². The molecule has 3 aromatic carbocycles. The van der Waals surface area contributed by atoms with Crippen molar-refractivity contribution < 1.29 is 9.90 Å². The predicted molar refractivity (Wildman–Crippen MR) is 126 cm³/mol. The Morgan fingerprint density at radius 3 is 1.79 bits per heavy atom. The minimum atomic E-state index is -1.11. The van der Waals surface area contributed by atoms with Gasteiger partial charge >= 0.3 is 0 Å². The van der Waals surface area contributed by atoms with Crippen molar-refractivity contribution >= 4 is 17.7 Å². The number of hydrogen-bond donors (Lipinski definition) is 2. The van der Waals surface area contributed by atoms with Gasteiger partial charge in [0.05, 0.1) is 10.1 Å². The molecule has 0 bridgehead atoms. The first-order chi connectivity index (χ1) is 16.1. The summed E-state index contributed by atoms with van der Waals surface area (Å²) in [7, 11) is 1.65. The fourth-order valence-corrected chi connectivity index (χ4v) is 6.13. The molecule has 0 saturated carbocycles. The van der Waals surface area contributed by atoms with Gasteiger partial charge in [-0.2, -0.15) is 0 Å². The number of β-lactam (4-membered cyclic amide) rings is 1. The number of aryl methyl sites for hydroxylation is 1. The summed E-state index contributed by atoms with van der Waals surface area (Å²) in [6.45, 7) is 0. The van der Waals surface area contributed by atoms with Gasteiger partial charge in [-0.3, -0.25) is 4.79 Å². The van der Waals surface area contributed by atoms with Crippen molar-refractivity contribution in [2.24, 2.45) is 13.0 Å². The predicted octanol–water partition coefficient (Wildman–Crippen LogP) is 3.04. The molecule has 8 heteroatoms. The number of nitrogens with one attached hydrogen (secondary N) is 1. The zero-order chi connectivity index (χ0) is 22.8. The Balaban J connectivity index is 1.62. The monoisotopic (exact) mass is 457 g/mol. The maximum absolute atomic E-state index is 12.6. The lowest BCUT2D eigenvalue weighted by molar-refractivity contribution is -0.138. The molecule has 7 nitrogen and oxygen atoms in total. The third kappa shape index (κ3) is 3.71. The van der Waals surface area contributed by atoms with Gasteiger partial charge in [-0.25, -0.2) is 4.68 Å². The molecule has 166 valence electrons. The minimum absolute atomic E-state index is 0.217. The van der Waals surface area contributed by atoms with E-state index in [0.717, 1.165) is 16.7 Å². The number of aliphatic hydroxyl groups excluding tert-OH is 1. The number of amides is 1. The Labute approximate surface area is 195 Å². The number of tetrazole rings is 1. The molecule has 4 aromatic rings. The number of carbonyl (C=O) groups is 1. The number of hydrogen-bond acceptors (Lipinski definition) is 6. The van der Waals surface area contributed by atoms with E-state index in [-0.39, 0.29) is 17.1 Å². The lowest BCUT2D eigenvalue weighted by Gasteiger charge is -2.45. The largest absolute Gasteiger partial charge is 0.384 e. The summed E-state index contributed by atoms with van der Waals surface area (Å²) >= 11 is 1.61. The van der Waals surface area contributed by atoms with Crippen LogP contribution in [0, 0.1) is 5.92 Å². The number of benzene rings is 3. The number of aliphatic hydroxyl groups is 1. The Bertz CT molecular complexity index is 1140. The fourth-order valence-electron chi connectivity index (χ4n) is 4.34. The summed E-state index contributed by atoms with van der Waals surface area (Å²) in [6, 6.07) is 30.7. The van der Waals surface area contributed by atoms with Crippen LogP contribution in [-0.4, -0.2) is 36.6 Å². The maximum Gasteiger partial charge on any atom is 0.230 e. The van der Waals surface area contributed by atoms with Crippen molar-refractivity contribution in [3.8, 4) is 0 Å². The van der Waals surface area contributed by atoms with Crippen molar-refractivity contribution in [1.82, 2.24) is 25.5 Å². The van der Waals surface area contributed by atoms with E-state index in [4.69, 9.17) is 0 Å². The standard InChI is InChI=1S/C25H23N5O2S/c1-30-22(27-28-29-30)21(31)20-23(32)26-24(20)33-25(17-11-5-2-6-12-17,18-13-7-3-8-14-18)19-15-9-4-10-16-19/h2-16,20-21,24,31H,1H3,(H,26,32). The molecule has 2 N–H and O–H groups in total. The number of carbonyl (C=O) groups excluding carboxylic acids is 1. The topological polar surface area (TPSA) is 92.9 Å². The highest BCUT2D eigenvalue weighted by Crippen LogP contribution is 2.53. The highest BCUT2D eigenvalue weighted by Gasteiger charge is 2.51. The van der Waals surface area contributed by atoms with Crippen molar-refractivity contribution in [3.05, 3.63) is 114 Å². The molecule has 0 aliphatic carbocycles. The van der Waals surface area contributed by atoms with Crippen LogP contribution in [0.2, 0.25) is 0 Å². The fraction of sp³-hybridized carbons (Fsp3) is 0.200. The highest BCUT2D eigenvalue weighted by atomic mass is 32.2. The highest BCUT2D eigenvalue weighted by molar-refractivity contribution is 8.01. The molecular formula is C25H23N5O2S. The van der Waals surface area contributed by atoms with Crippen LogP contribution >= 0.6 is 11.8 Å². The van der Waals surface area contributed by atoms with E-state index in [1.807, 2.05) is 54.6 Å². The second-order valence-electron chi connectivity index (χ2n) is 7.96. The van der Waals surface area contributed by atoms with E-state index in [9.17, 15) is 9.90 Å². The Kier molecular flexibility index (Phi) is 5.70. The van der Waals surface area contributed by atoms with Crippen LogP contribution < -0.4 is 5.32 Å². The van der Waals surface area contributed by atoms with Crippen molar-refractivity contribution in [1.29, 1.82) is 0 Å². The van der Waals surface area contributed by atoms with Crippen LogP contribution in [-0.2, 0) is 16.6 Å². The van der Waals surface area contributed by atoms with Gasteiger partial charge in [0.1, 0.15) is 12.0 Å². The van der Waals surface area contributed by atoms with Gasteiger partial charge in [-0.15, -0.1) is 16.9 Å². The Hall–Kier alpha value is -3.49. The molecule has 2 heterocycles. The number of aromatic nitrogens is 4. The van der Waals surface area contributed by atoms with Gasteiger partial charge in [0.15, 0.2) is 5.82 Å². The molecule has 0 spiro atoms. The van der Waals surface area contributed by atoms with E-state index >= 15 is 0 Å². The molecule has 1 fully saturated rings. The summed E-state index contributed by atoms with van der Waals surface area (Å²) in [4.78, 5) is 12.6. The average Bonchev–Trinajstić information content (AvgIpc) is 3.29. The van der Waals surface area contributed by atoms with E-state index in [0.29, 0.717) is 0 Å². The van der Waals surface area contributed by atoms with Crippen LogP contribution in [0.15, 0.2) is 91.0 Å². The zero-order valence-electron chi connectivity index (χ0n) is 17.9. The van der Waals surface area contributed by atoms with Crippen LogP contribution in [0.5, 0.6) is 0 Å². The van der Waals surface area contributed by atoms with Crippen LogP contribution in [0.3, 0.4) is 0 Å². The van der Waals surface area contributed by atoms with E-state index in [1.165, 1.54) is 4.68 Å². The summed E-state index contributed by atoms with van der Waals surface area (Å²) in [5.41, 5.74) is 3.26. The summed E-state index contributed by atoms with van der Waals surface area (Å²) in [6.07, 6.45) is -1.11. The third-order valence-corrected chi connectivity index (χ3v) is 7.74. The van der Waals surface area contributed by atoms with Gasteiger partial charge in [-0.1, -0.05) is 91.0 Å². The Morgan fingerprint density at radius 2 is 1.39 bits per heavy atom. The van der Waals surface area contributed by atoms with Gasteiger partial charge in [0.2, 0.25) is 5.91 Å². The average molecular weight is 458 g/mol. The molecule has 3 unspecified atom stereocenters. The number of thioether (sulfide) groups is 1. The second kappa shape index (κ2) is 8.80. The molecule has 1 aliphatic rings. The molecule has 1 saturated heterocycles. The molecule has 1 aromatic heterocycles. The summed E-state index contributed by atoms with van der Waals surface area (Å²) in [5, 5.41) is 25.0. The molecule has 3 atom stereocenters. The quantitative estimate of drug-likeness (QED) is 0.327. The molecule has 33 heavy (non-hydrogen) atoms. The normalized spacial score (nSPS) is 18.9.